The van der Waals surface area contributed by atoms with Crippen LogP contribution in [0.3, 0.4) is 0 Å². The molecule has 3 fully saturated rings. The second-order valence-corrected chi connectivity index (χ2v) is 16.2. The average molecular weight is 667 g/mol. The van der Waals surface area contributed by atoms with Crippen molar-refractivity contribution >= 4 is 21.8 Å². The lowest BCUT2D eigenvalue weighted by molar-refractivity contribution is -0.139. The van der Waals surface area contributed by atoms with Gasteiger partial charge in [0.25, 0.3) is 0 Å². The number of aliphatic hydroxyl groups is 2. The van der Waals surface area contributed by atoms with E-state index in [1.165, 1.54) is 0 Å². The predicted octanol–water partition coefficient (Wildman–Crippen LogP) is 3.97. The highest BCUT2D eigenvalue weighted by molar-refractivity contribution is 7.90. The smallest absolute Gasteiger partial charge is 0.227 e. The molecule has 0 bridgehead atoms. The van der Waals surface area contributed by atoms with Crippen molar-refractivity contribution in [2.45, 2.75) is 147 Å². The Kier molecular flexibility index (Phi) is 16.3. The van der Waals surface area contributed by atoms with E-state index in [1.807, 2.05) is 11.8 Å². The van der Waals surface area contributed by atoms with Crippen LogP contribution in [0.1, 0.15) is 124 Å². The van der Waals surface area contributed by atoms with Crippen molar-refractivity contribution in [2.24, 2.45) is 23.7 Å². The van der Waals surface area contributed by atoms with E-state index in [4.69, 9.17) is 6.42 Å². The van der Waals surface area contributed by atoms with Crippen LogP contribution >= 0.6 is 0 Å². The van der Waals surface area contributed by atoms with Gasteiger partial charge in [-0.15, -0.1) is 17.2 Å². The largest absolute Gasteiger partial charge is 0.393 e. The molecule has 0 spiro atoms. The van der Waals surface area contributed by atoms with Crippen LogP contribution in [-0.4, -0.2) is 90.0 Å². The first-order valence-corrected chi connectivity index (χ1v) is 19.7. The first-order valence-electron chi connectivity index (χ1n) is 18.2. The summed E-state index contributed by atoms with van der Waals surface area (Å²) in [6.07, 6.45) is 16.1. The Morgan fingerprint density at radius 3 is 2.09 bits per heavy atom. The van der Waals surface area contributed by atoms with E-state index in [0.29, 0.717) is 77.4 Å². The third-order valence-electron chi connectivity index (χ3n) is 10.3. The van der Waals surface area contributed by atoms with Gasteiger partial charge in [0.1, 0.15) is 0 Å². The topological polar surface area (TPSA) is 139 Å². The molecule has 46 heavy (non-hydrogen) atoms. The van der Waals surface area contributed by atoms with Crippen LogP contribution in [0.25, 0.3) is 0 Å². The van der Waals surface area contributed by atoms with Crippen LogP contribution in [0.15, 0.2) is 0 Å². The van der Waals surface area contributed by atoms with Gasteiger partial charge in [0, 0.05) is 43.9 Å². The maximum atomic E-state index is 13.9. The van der Waals surface area contributed by atoms with E-state index in [9.17, 15) is 28.2 Å². The summed E-state index contributed by atoms with van der Waals surface area (Å²) in [6, 6.07) is -0.608. The zero-order valence-corrected chi connectivity index (χ0v) is 29.5. The Labute approximate surface area is 278 Å². The van der Waals surface area contributed by atoms with E-state index in [1.54, 1.807) is 5.01 Å². The molecule has 3 saturated carbocycles. The van der Waals surface area contributed by atoms with Gasteiger partial charge in [-0.25, -0.2) is 13.4 Å². The van der Waals surface area contributed by atoms with Gasteiger partial charge >= 0.3 is 0 Å². The van der Waals surface area contributed by atoms with Gasteiger partial charge in [-0.3, -0.25) is 9.59 Å². The number of nitrogens with zero attached hydrogens (tertiary/aromatic N) is 2. The summed E-state index contributed by atoms with van der Waals surface area (Å²) in [6.45, 7) is 7.92. The number of hydrogen-bond acceptors (Lipinski definition) is 7. The summed E-state index contributed by atoms with van der Waals surface area (Å²) >= 11 is 0. The minimum absolute atomic E-state index is 0.0435. The molecule has 0 aromatic heterocycles. The molecule has 3 aliphatic carbocycles. The lowest BCUT2D eigenvalue weighted by atomic mass is 9.74. The van der Waals surface area contributed by atoms with Crippen LogP contribution in [0.5, 0.6) is 0 Å². The number of amides is 2. The molecule has 0 aromatic carbocycles. The lowest BCUT2D eigenvalue weighted by Crippen LogP contribution is -2.55. The lowest BCUT2D eigenvalue weighted by Gasteiger charge is -2.37. The van der Waals surface area contributed by atoms with Crippen molar-refractivity contribution in [3.63, 3.8) is 0 Å². The second kappa shape index (κ2) is 19.3. The first-order chi connectivity index (χ1) is 22.0. The average Bonchev–Trinajstić information content (AvgIpc) is 3.05. The van der Waals surface area contributed by atoms with E-state index in [2.05, 4.69) is 29.9 Å². The van der Waals surface area contributed by atoms with E-state index >= 15 is 0 Å². The molecule has 5 atom stereocenters. The van der Waals surface area contributed by atoms with Crippen molar-refractivity contribution in [1.29, 1.82) is 0 Å². The Morgan fingerprint density at radius 1 is 0.891 bits per heavy atom. The maximum absolute atomic E-state index is 13.9. The Bertz CT molecular complexity index is 1080. The van der Waals surface area contributed by atoms with E-state index in [-0.39, 0.29) is 42.2 Å². The van der Waals surface area contributed by atoms with Crippen molar-refractivity contribution in [3.8, 4) is 12.3 Å². The summed E-state index contributed by atoms with van der Waals surface area (Å²) in [5.41, 5.74) is 0. The van der Waals surface area contributed by atoms with Crippen LogP contribution < -0.4 is 10.1 Å². The van der Waals surface area contributed by atoms with Gasteiger partial charge in [0.05, 0.1) is 23.5 Å². The standard InChI is InChI=1S/C35H62N4O6S/c1-5-18-38(19-6-2)35(43)29-22-26(8-4)21-28(24-29)34(42)36-32(23-27-14-16-30(40)17-15-27)33(41)25-39(20-7-3)37-46(44,45)31-12-10-9-11-13-31/h4,26-33,37,40-41H,5-7,9-25H2,1-3H3,(H,36,42). The Hall–Kier alpha value is -1.71. The number of terminal acetylenes is 1. The molecule has 10 nitrogen and oxygen atoms in total. The quantitative estimate of drug-likeness (QED) is 0.136. The van der Waals surface area contributed by atoms with Crippen molar-refractivity contribution in [3.05, 3.63) is 0 Å². The molecule has 0 saturated heterocycles. The maximum Gasteiger partial charge on any atom is 0.227 e. The minimum atomic E-state index is -3.59. The highest BCUT2D eigenvalue weighted by Crippen LogP contribution is 2.35. The van der Waals surface area contributed by atoms with Crippen molar-refractivity contribution in [1.82, 2.24) is 20.1 Å². The summed E-state index contributed by atoms with van der Waals surface area (Å²) in [4.78, 5) is 32.1. The molecule has 11 heteroatoms. The fourth-order valence-electron chi connectivity index (χ4n) is 7.78. The van der Waals surface area contributed by atoms with E-state index < -0.39 is 33.3 Å². The molecule has 0 aromatic rings. The van der Waals surface area contributed by atoms with Crippen molar-refractivity contribution < 1.29 is 28.2 Å². The highest BCUT2D eigenvalue weighted by atomic mass is 32.2. The number of nitrogens with one attached hydrogen (secondary N) is 2. The summed E-state index contributed by atoms with van der Waals surface area (Å²) in [5.74, 6) is 1.95. The third kappa shape index (κ3) is 11.8. The monoisotopic (exact) mass is 666 g/mol. The molecule has 3 aliphatic rings. The number of hydrazine groups is 1. The zero-order valence-electron chi connectivity index (χ0n) is 28.7. The molecule has 0 heterocycles. The number of aliphatic hydroxyl groups excluding tert-OH is 2. The van der Waals surface area contributed by atoms with Gasteiger partial charge < -0.3 is 20.4 Å². The van der Waals surface area contributed by atoms with Crippen LogP contribution in [-0.2, 0) is 19.6 Å². The van der Waals surface area contributed by atoms with Gasteiger partial charge in [-0.1, -0.05) is 40.0 Å². The van der Waals surface area contributed by atoms with E-state index in [0.717, 1.165) is 44.9 Å². The normalized spacial score (nSPS) is 27.5. The molecular formula is C35H62N4O6S. The number of hydrogen-bond donors (Lipinski definition) is 4. The van der Waals surface area contributed by atoms with Crippen LogP contribution in [0, 0.1) is 36.0 Å². The predicted molar refractivity (Wildman–Crippen MR) is 182 cm³/mol. The fourth-order valence-corrected chi connectivity index (χ4v) is 9.41. The van der Waals surface area contributed by atoms with Gasteiger partial charge in [0.15, 0.2) is 0 Å². The molecule has 4 N–H and O–H groups in total. The number of carbonyl (C=O) groups is 2. The second-order valence-electron chi connectivity index (χ2n) is 14.2. The number of carbonyl (C=O) groups excluding carboxylic acids is 2. The van der Waals surface area contributed by atoms with Gasteiger partial charge in [0.2, 0.25) is 21.8 Å². The van der Waals surface area contributed by atoms with Crippen LogP contribution in [0.2, 0.25) is 0 Å². The summed E-state index contributed by atoms with van der Waals surface area (Å²) in [5, 5.41) is 26.0. The number of rotatable bonds is 17. The van der Waals surface area contributed by atoms with Gasteiger partial charge in [-0.2, -0.15) is 0 Å². The molecule has 2 amide bonds. The molecule has 3 rings (SSSR count). The molecule has 5 unspecified atom stereocenters. The minimum Gasteiger partial charge on any atom is -0.393 e. The highest BCUT2D eigenvalue weighted by Gasteiger charge is 2.39. The first kappa shape index (κ1) is 38.7. The molecule has 264 valence electrons. The van der Waals surface area contributed by atoms with Gasteiger partial charge in [-0.05, 0) is 89.4 Å². The Balaban J connectivity index is 1.75. The van der Waals surface area contributed by atoms with Crippen LogP contribution in [0.4, 0.5) is 0 Å². The Morgan fingerprint density at radius 2 is 1.50 bits per heavy atom. The summed E-state index contributed by atoms with van der Waals surface area (Å²) < 4.78 is 26.5. The third-order valence-corrected chi connectivity index (χ3v) is 12.2. The molecule has 0 aliphatic heterocycles. The zero-order chi connectivity index (χ0) is 33.7. The SMILES string of the molecule is C#CC1CC(C(=O)NC(CC2CCC(O)CC2)C(O)CN(CCC)NS(=O)(=O)C2CCCCC2)CC(C(=O)N(CCC)CCC)C1. The number of sulfonamides is 1. The fraction of sp³-hybridized carbons (Fsp3) is 0.886. The molecular weight excluding hydrogens is 604 g/mol. The van der Waals surface area contributed by atoms with Crippen molar-refractivity contribution in [2.75, 3.05) is 26.2 Å². The molecule has 0 radical (unpaired) electrons. The summed E-state index contributed by atoms with van der Waals surface area (Å²) in [7, 11) is -3.59.